The molecule has 0 atom stereocenters. The van der Waals surface area contributed by atoms with Crippen LogP contribution in [0.5, 0.6) is 11.5 Å². The van der Waals surface area contributed by atoms with Gasteiger partial charge in [-0.2, -0.15) is 0 Å². The standard InChI is InChI=1S/C25H26N4O3S/c1-17-3-2-4-20(13-17)33-25-23(26-9-10-27-25)29-11-7-19(8-12-29)24(30)28-15-18-5-6-21-22(14-18)32-16-31-21/h2-6,9-10,13-14,19H,7-8,11-12,15-16H2,1H3,(H,28,30). The Kier molecular flexibility index (Phi) is 6.35. The number of ether oxygens (including phenoxy) is 2. The summed E-state index contributed by atoms with van der Waals surface area (Å²) >= 11 is 1.63. The summed E-state index contributed by atoms with van der Waals surface area (Å²) in [5, 5.41) is 3.97. The van der Waals surface area contributed by atoms with Gasteiger partial charge in [0.15, 0.2) is 17.3 Å². The van der Waals surface area contributed by atoms with E-state index in [4.69, 9.17) is 9.47 Å². The molecule has 0 spiro atoms. The monoisotopic (exact) mass is 462 g/mol. The highest BCUT2D eigenvalue weighted by Crippen LogP contribution is 2.35. The number of amides is 1. The minimum absolute atomic E-state index is 0.000178. The van der Waals surface area contributed by atoms with Crippen molar-refractivity contribution < 1.29 is 14.3 Å². The third-order valence-electron chi connectivity index (χ3n) is 5.92. The predicted octanol–water partition coefficient (Wildman–Crippen LogP) is 4.20. The fourth-order valence-electron chi connectivity index (χ4n) is 4.14. The molecule has 0 unspecified atom stereocenters. The molecule has 0 saturated carbocycles. The van der Waals surface area contributed by atoms with Crippen LogP contribution >= 0.6 is 11.8 Å². The molecule has 1 N–H and O–H groups in total. The van der Waals surface area contributed by atoms with E-state index in [0.717, 1.165) is 58.7 Å². The minimum atomic E-state index is -0.000178. The first kappa shape index (κ1) is 21.6. The van der Waals surface area contributed by atoms with Gasteiger partial charge in [0.1, 0.15) is 5.03 Å². The van der Waals surface area contributed by atoms with Gasteiger partial charge in [0, 0.05) is 42.8 Å². The van der Waals surface area contributed by atoms with E-state index in [1.165, 1.54) is 5.56 Å². The molecule has 3 heterocycles. The summed E-state index contributed by atoms with van der Waals surface area (Å²) in [6.07, 6.45) is 5.05. The highest BCUT2D eigenvalue weighted by atomic mass is 32.2. The molecule has 1 saturated heterocycles. The Morgan fingerprint density at radius 1 is 1.09 bits per heavy atom. The lowest BCUT2D eigenvalue weighted by Gasteiger charge is -2.32. The lowest BCUT2D eigenvalue weighted by atomic mass is 9.96. The van der Waals surface area contributed by atoms with Crippen LogP contribution in [-0.4, -0.2) is 35.8 Å². The second kappa shape index (κ2) is 9.70. The number of hydrogen-bond donors (Lipinski definition) is 1. The van der Waals surface area contributed by atoms with Crippen LogP contribution in [0.4, 0.5) is 5.82 Å². The molecule has 7 nitrogen and oxygen atoms in total. The normalized spacial score (nSPS) is 15.5. The zero-order chi connectivity index (χ0) is 22.6. The number of hydrogen-bond acceptors (Lipinski definition) is 7. The number of fused-ring (bicyclic) bond motifs is 1. The van der Waals surface area contributed by atoms with Crippen LogP contribution in [0.3, 0.4) is 0 Å². The smallest absolute Gasteiger partial charge is 0.231 e. The van der Waals surface area contributed by atoms with Crippen molar-refractivity contribution in [3.63, 3.8) is 0 Å². The van der Waals surface area contributed by atoms with Crippen LogP contribution in [0.15, 0.2) is 64.8 Å². The number of nitrogens with one attached hydrogen (secondary N) is 1. The topological polar surface area (TPSA) is 76.6 Å². The number of benzene rings is 2. The van der Waals surface area contributed by atoms with Gasteiger partial charge in [-0.05, 0) is 49.6 Å². The van der Waals surface area contributed by atoms with E-state index in [9.17, 15) is 4.79 Å². The number of aromatic nitrogens is 2. The number of carbonyl (C=O) groups is 1. The molecule has 3 aromatic rings. The van der Waals surface area contributed by atoms with Crippen molar-refractivity contribution in [2.45, 2.75) is 36.2 Å². The fraction of sp³-hybridized carbons (Fsp3) is 0.320. The van der Waals surface area contributed by atoms with Crippen LogP contribution in [0.1, 0.15) is 24.0 Å². The zero-order valence-corrected chi connectivity index (χ0v) is 19.3. The lowest BCUT2D eigenvalue weighted by Crippen LogP contribution is -2.41. The van der Waals surface area contributed by atoms with Crippen LogP contribution < -0.4 is 19.7 Å². The van der Waals surface area contributed by atoms with Gasteiger partial charge in [0.2, 0.25) is 12.7 Å². The summed E-state index contributed by atoms with van der Waals surface area (Å²) in [4.78, 5) is 25.4. The van der Waals surface area contributed by atoms with Crippen molar-refractivity contribution in [3.8, 4) is 11.5 Å². The molecule has 0 radical (unpaired) electrons. The number of piperidine rings is 1. The third-order valence-corrected chi connectivity index (χ3v) is 6.89. The maximum Gasteiger partial charge on any atom is 0.231 e. The van der Waals surface area contributed by atoms with Crippen LogP contribution in [-0.2, 0) is 11.3 Å². The molecule has 170 valence electrons. The number of anilines is 1. The average Bonchev–Trinajstić information content (AvgIpc) is 3.31. The first-order valence-corrected chi connectivity index (χ1v) is 11.9. The Hall–Kier alpha value is -3.26. The molecular formula is C25H26N4O3S. The molecule has 2 aliphatic heterocycles. The molecule has 1 amide bonds. The summed E-state index contributed by atoms with van der Waals surface area (Å²) in [6, 6.07) is 14.2. The number of rotatable bonds is 6. The van der Waals surface area contributed by atoms with Crippen molar-refractivity contribution in [2.24, 2.45) is 5.92 Å². The molecule has 8 heteroatoms. The largest absolute Gasteiger partial charge is 0.454 e. The van der Waals surface area contributed by atoms with E-state index in [1.807, 2.05) is 18.2 Å². The average molecular weight is 463 g/mol. The number of carbonyl (C=O) groups excluding carboxylic acids is 1. The summed E-state index contributed by atoms with van der Waals surface area (Å²) in [5.41, 5.74) is 2.22. The second-order valence-corrected chi connectivity index (χ2v) is 9.33. The molecule has 1 fully saturated rings. The molecule has 1 aromatic heterocycles. The second-order valence-electron chi connectivity index (χ2n) is 8.27. The quantitative estimate of drug-likeness (QED) is 0.588. The van der Waals surface area contributed by atoms with Gasteiger partial charge in [-0.3, -0.25) is 4.79 Å². The van der Waals surface area contributed by atoms with Crippen molar-refractivity contribution in [1.29, 1.82) is 0 Å². The van der Waals surface area contributed by atoms with Crippen LogP contribution in [0, 0.1) is 12.8 Å². The summed E-state index contributed by atoms with van der Waals surface area (Å²) in [5.74, 6) is 2.48. The van der Waals surface area contributed by atoms with Crippen molar-refractivity contribution >= 4 is 23.5 Å². The molecule has 0 aliphatic carbocycles. The number of nitrogens with zero attached hydrogens (tertiary/aromatic N) is 3. The van der Waals surface area contributed by atoms with E-state index in [-0.39, 0.29) is 18.6 Å². The third kappa shape index (κ3) is 5.06. The van der Waals surface area contributed by atoms with Crippen molar-refractivity contribution in [1.82, 2.24) is 15.3 Å². The molecule has 5 rings (SSSR count). The lowest BCUT2D eigenvalue weighted by molar-refractivity contribution is -0.125. The minimum Gasteiger partial charge on any atom is -0.454 e. The maximum atomic E-state index is 12.8. The summed E-state index contributed by atoms with van der Waals surface area (Å²) in [7, 11) is 0. The van der Waals surface area contributed by atoms with E-state index < -0.39 is 0 Å². The molecule has 33 heavy (non-hydrogen) atoms. The van der Waals surface area contributed by atoms with Crippen LogP contribution in [0.2, 0.25) is 0 Å². The molecule has 2 aliphatic rings. The Morgan fingerprint density at radius 3 is 2.76 bits per heavy atom. The molecule has 2 aromatic carbocycles. The maximum absolute atomic E-state index is 12.8. The van der Waals surface area contributed by atoms with Crippen molar-refractivity contribution in [3.05, 3.63) is 66.0 Å². The van der Waals surface area contributed by atoms with Crippen LogP contribution in [0.25, 0.3) is 0 Å². The summed E-state index contributed by atoms with van der Waals surface area (Å²) in [6.45, 7) is 4.38. The zero-order valence-electron chi connectivity index (χ0n) is 18.5. The van der Waals surface area contributed by atoms with Gasteiger partial charge in [0.05, 0.1) is 0 Å². The molecular weight excluding hydrogens is 436 g/mol. The van der Waals surface area contributed by atoms with Gasteiger partial charge >= 0.3 is 0 Å². The van der Waals surface area contributed by atoms with Gasteiger partial charge in [-0.25, -0.2) is 9.97 Å². The van der Waals surface area contributed by atoms with Gasteiger partial charge < -0.3 is 19.7 Å². The number of aryl methyl sites for hydroxylation is 1. The van der Waals surface area contributed by atoms with Gasteiger partial charge in [0.25, 0.3) is 0 Å². The molecule has 0 bridgehead atoms. The van der Waals surface area contributed by atoms with E-state index in [1.54, 1.807) is 24.2 Å². The Bertz CT molecular complexity index is 1150. The summed E-state index contributed by atoms with van der Waals surface area (Å²) < 4.78 is 10.8. The van der Waals surface area contributed by atoms with Crippen molar-refractivity contribution in [2.75, 3.05) is 24.8 Å². The van der Waals surface area contributed by atoms with Gasteiger partial charge in [-0.1, -0.05) is 35.5 Å². The predicted molar refractivity (Wildman–Crippen MR) is 127 cm³/mol. The fourth-order valence-corrected chi connectivity index (χ4v) is 5.14. The van der Waals surface area contributed by atoms with E-state index in [2.05, 4.69) is 51.4 Å². The van der Waals surface area contributed by atoms with E-state index >= 15 is 0 Å². The first-order valence-electron chi connectivity index (χ1n) is 11.1. The Balaban J connectivity index is 1.17. The Morgan fingerprint density at radius 2 is 1.91 bits per heavy atom. The first-order chi connectivity index (χ1) is 16.2. The van der Waals surface area contributed by atoms with Gasteiger partial charge in [-0.15, -0.1) is 0 Å². The van der Waals surface area contributed by atoms with E-state index in [0.29, 0.717) is 6.54 Å². The highest BCUT2D eigenvalue weighted by molar-refractivity contribution is 7.99. The SMILES string of the molecule is Cc1cccc(Sc2nccnc2N2CCC(C(=O)NCc3ccc4c(c3)OCO4)CC2)c1. The Labute approximate surface area is 197 Å². The highest BCUT2D eigenvalue weighted by Gasteiger charge is 2.27.